The molecule has 118 valence electrons. The van der Waals surface area contributed by atoms with E-state index in [1.54, 1.807) is 12.1 Å². The monoisotopic (exact) mass is 326 g/mol. The number of halogens is 1. The molecular weight excluding hydrogens is 311 g/mol. The maximum atomic E-state index is 14.1. The van der Waals surface area contributed by atoms with Crippen LogP contribution in [0, 0.1) is 5.82 Å². The van der Waals surface area contributed by atoms with Gasteiger partial charge in [-0.15, -0.1) is 0 Å². The van der Waals surface area contributed by atoms with Gasteiger partial charge in [-0.25, -0.2) is 27.9 Å². The molecule has 0 aliphatic rings. The van der Waals surface area contributed by atoms with Gasteiger partial charge in [0.1, 0.15) is 5.82 Å². The first-order chi connectivity index (χ1) is 10.4. The summed E-state index contributed by atoms with van der Waals surface area (Å²) >= 11 is 0. The van der Waals surface area contributed by atoms with Crippen LogP contribution in [0.15, 0.2) is 30.6 Å². The largest absolute Gasteiger partial charge is 0.392 e. The third kappa shape index (κ3) is 4.20. The molecule has 0 amide bonds. The molecular formula is C13H15FN4O3S. The van der Waals surface area contributed by atoms with Gasteiger partial charge >= 0.3 is 0 Å². The first kappa shape index (κ1) is 16.3. The number of rotatable bonds is 6. The van der Waals surface area contributed by atoms with Crippen LogP contribution in [-0.4, -0.2) is 35.8 Å². The fraction of sp³-hybridized carbons (Fsp3) is 0.231. The molecule has 0 aliphatic heterocycles. The second-order valence-corrected chi connectivity index (χ2v) is 6.26. The van der Waals surface area contributed by atoms with Crippen molar-refractivity contribution in [2.45, 2.75) is 6.61 Å². The molecule has 4 N–H and O–H groups in total. The third-order valence-corrected chi connectivity index (χ3v) is 3.65. The molecule has 9 heteroatoms. The molecule has 0 radical (unpaired) electrons. The Kier molecular flexibility index (Phi) is 5.01. The van der Waals surface area contributed by atoms with Gasteiger partial charge in [0.25, 0.3) is 0 Å². The number of hydrogen-bond acceptors (Lipinski definition) is 6. The zero-order valence-electron chi connectivity index (χ0n) is 11.5. The average Bonchev–Trinajstić information content (AvgIpc) is 2.47. The Bertz CT molecular complexity index is 750. The van der Waals surface area contributed by atoms with E-state index in [0.717, 1.165) is 0 Å². The predicted molar refractivity (Wildman–Crippen MR) is 79.8 cm³/mol. The van der Waals surface area contributed by atoms with Gasteiger partial charge in [-0.3, -0.25) is 0 Å². The molecule has 7 nitrogen and oxygen atoms in total. The fourth-order valence-electron chi connectivity index (χ4n) is 1.79. The highest BCUT2D eigenvalue weighted by Crippen LogP contribution is 2.24. The molecule has 0 atom stereocenters. The molecule has 2 aromatic rings. The minimum Gasteiger partial charge on any atom is -0.392 e. The first-order valence-electron chi connectivity index (χ1n) is 6.36. The number of hydrogen-bond donors (Lipinski definition) is 3. The fourth-order valence-corrected chi connectivity index (χ4v) is 2.17. The van der Waals surface area contributed by atoms with Gasteiger partial charge in [0.05, 0.1) is 12.4 Å². The molecule has 0 spiro atoms. The van der Waals surface area contributed by atoms with Gasteiger partial charge in [-0.2, -0.15) is 0 Å². The van der Waals surface area contributed by atoms with Crippen molar-refractivity contribution in [3.8, 4) is 11.1 Å². The van der Waals surface area contributed by atoms with Crippen molar-refractivity contribution < 1.29 is 17.9 Å². The topological polar surface area (TPSA) is 118 Å². The molecule has 1 heterocycles. The SMILES string of the molecule is NS(=O)(=O)CCNc1ncc(-c2cccc(CO)c2F)cn1. The average molecular weight is 326 g/mol. The Balaban J connectivity index is 2.12. The molecule has 0 saturated heterocycles. The number of primary sulfonamides is 1. The maximum Gasteiger partial charge on any atom is 0.222 e. The van der Waals surface area contributed by atoms with Gasteiger partial charge < -0.3 is 10.4 Å². The zero-order valence-corrected chi connectivity index (χ0v) is 12.3. The van der Waals surface area contributed by atoms with Gasteiger partial charge in [0.15, 0.2) is 0 Å². The second kappa shape index (κ2) is 6.77. The molecule has 0 saturated carbocycles. The van der Waals surface area contributed by atoms with Crippen LogP contribution < -0.4 is 10.5 Å². The van der Waals surface area contributed by atoms with Crippen LogP contribution in [0.4, 0.5) is 10.3 Å². The van der Waals surface area contributed by atoms with Crippen LogP contribution in [-0.2, 0) is 16.6 Å². The summed E-state index contributed by atoms with van der Waals surface area (Å²) in [5.41, 5.74) is 0.917. The normalized spacial score (nSPS) is 11.4. The van der Waals surface area contributed by atoms with Gasteiger partial charge in [-0.05, 0) is 0 Å². The Hall–Kier alpha value is -2.10. The van der Waals surface area contributed by atoms with Crippen LogP contribution in [0.5, 0.6) is 0 Å². The predicted octanol–water partition coefficient (Wildman–Crippen LogP) is 0.475. The van der Waals surface area contributed by atoms with E-state index in [1.165, 1.54) is 18.5 Å². The first-order valence-corrected chi connectivity index (χ1v) is 8.07. The number of aliphatic hydroxyl groups is 1. The number of aliphatic hydroxyl groups excluding tert-OH is 1. The van der Waals surface area contributed by atoms with Crippen molar-refractivity contribution >= 4 is 16.0 Å². The number of aromatic nitrogens is 2. The number of benzene rings is 1. The standard InChI is InChI=1S/C13H15FN4O3S/c14-12-9(8-19)2-1-3-11(12)10-6-17-13(18-7-10)16-4-5-22(15,20)21/h1-3,6-7,19H,4-5,8H2,(H2,15,20,21)(H,16,17,18). The van der Waals surface area contributed by atoms with E-state index >= 15 is 0 Å². The number of sulfonamides is 1. The number of anilines is 1. The van der Waals surface area contributed by atoms with E-state index in [1.807, 2.05) is 0 Å². The molecule has 0 fully saturated rings. The van der Waals surface area contributed by atoms with E-state index in [4.69, 9.17) is 10.2 Å². The van der Waals surface area contributed by atoms with E-state index in [2.05, 4.69) is 15.3 Å². The summed E-state index contributed by atoms with van der Waals surface area (Å²) in [6.07, 6.45) is 2.82. The maximum absolute atomic E-state index is 14.1. The summed E-state index contributed by atoms with van der Waals surface area (Å²) in [6.45, 7) is -0.319. The van der Waals surface area contributed by atoms with Crippen molar-refractivity contribution in [1.82, 2.24) is 9.97 Å². The van der Waals surface area contributed by atoms with E-state index in [-0.39, 0.29) is 29.4 Å². The highest BCUT2D eigenvalue weighted by atomic mass is 32.2. The summed E-state index contributed by atoms with van der Waals surface area (Å²) in [5.74, 6) is -0.555. The molecule has 22 heavy (non-hydrogen) atoms. The molecule has 0 unspecified atom stereocenters. The van der Waals surface area contributed by atoms with E-state index < -0.39 is 22.4 Å². The third-order valence-electron chi connectivity index (χ3n) is 2.88. The van der Waals surface area contributed by atoms with Crippen LogP contribution in [0.25, 0.3) is 11.1 Å². The van der Waals surface area contributed by atoms with Crippen LogP contribution in [0.3, 0.4) is 0 Å². The molecule has 0 bridgehead atoms. The second-order valence-electron chi connectivity index (χ2n) is 4.53. The highest BCUT2D eigenvalue weighted by Gasteiger charge is 2.10. The molecule has 2 rings (SSSR count). The van der Waals surface area contributed by atoms with Gasteiger partial charge in [0, 0.05) is 35.6 Å². The zero-order chi connectivity index (χ0) is 16.2. The summed E-state index contributed by atoms with van der Waals surface area (Å²) < 4.78 is 35.7. The Labute approximate surface area is 127 Å². The lowest BCUT2D eigenvalue weighted by atomic mass is 10.1. The number of nitrogens with two attached hydrogens (primary N) is 1. The minimum atomic E-state index is -3.55. The van der Waals surface area contributed by atoms with E-state index in [9.17, 15) is 12.8 Å². The van der Waals surface area contributed by atoms with Crippen LogP contribution >= 0.6 is 0 Å². The van der Waals surface area contributed by atoms with Crippen LogP contribution in [0.2, 0.25) is 0 Å². The lowest BCUT2D eigenvalue weighted by Gasteiger charge is -2.07. The van der Waals surface area contributed by atoms with Crippen molar-refractivity contribution in [1.29, 1.82) is 0 Å². The number of nitrogens with one attached hydrogen (secondary N) is 1. The quantitative estimate of drug-likeness (QED) is 0.710. The van der Waals surface area contributed by atoms with Crippen molar-refractivity contribution in [2.75, 3.05) is 17.6 Å². The summed E-state index contributed by atoms with van der Waals surface area (Å²) in [7, 11) is -3.55. The van der Waals surface area contributed by atoms with Crippen LogP contribution in [0.1, 0.15) is 5.56 Å². The van der Waals surface area contributed by atoms with Gasteiger partial charge in [-0.1, -0.05) is 18.2 Å². The Morgan fingerprint density at radius 2 is 1.95 bits per heavy atom. The van der Waals surface area contributed by atoms with Crippen molar-refractivity contribution in [3.63, 3.8) is 0 Å². The van der Waals surface area contributed by atoms with Crippen molar-refractivity contribution in [2.24, 2.45) is 5.14 Å². The molecule has 1 aromatic carbocycles. The number of nitrogens with zero attached hydrogens (tertiary/aromatic N) is 2. The van der Waals surface area contributed by atoms with E-state index in [0.29, 0.717) is 5.56 Å². The summed E-state index contributed by atoms with van der Waals surface area (Å²) in [6, 6.07) is 4.67. The Morgan fingerprint density at radius 3 is 2.55 bits per heavy atom. The lowest BCUT2D eigenvalue weighted by Crippen LogP contribution is -2.22. The smallest absolute Gasteiger partial charge is 0.222 e. The lowest BCUT2D eigenvalue weighted by molar-refractivity contribution is 0.276. The molecule has 0 aliphatic carbocycles. The Morgan fingerprint density at radius 1 is 1.27 bits per heavy atom. The summed E-state index contributed by atoms with van der Waals surface area (Å²) in [5, 5.41) is 16.6. The molecule has 1 aromatic heterocycles. The summed E-state index contributed by atoms with van der Waals surface area (Å²) in [4.78, 5) is 7.97. The van der Waals surface area contributed by atoms with Gasteiger partial charge in [0.2, 0.25) is 16.0 Å². The van der Waals surface area contributed by atoms with Crippen molar-refractivity contribution in [3.05, 3.63) is 42.0 Å². The highest BCUT2D eigenvalue weighted by molar-refractivity contribution is 7.89. The minimum absolute atomic E-state index is 0.0759.